The molecule has 0 saturated carbocycles. The van der Waals surface area contributed by atoms with Gasteiger partial charge in [0.1, 0.15) is 0 Å². The van der Waals surface area contributed by atoms with Crippen molar-refractivity contribution in [3.63, 3.8) is 0 Å². The number of carboxylic acid groups (broad SMARTS) is 1. The Morgan fingerprint density at radius 3 is 2.56 bits per heavy atom. The summed E-state index contributed by atoms with van der Waals surface area (Å²) in [6.07, 6.45) is 0. The monoisotopic (exact) mass is 305 g/mol. The van der Waals surface area contributed by atoms with Gasteiger partial charge in [-0.15, -0.1) is 11.3 Å². The van der Waals surface area contributed by atoms with Gasteiger partial charge in [-0.05, 0) is 34.0 Å². The zero-order chi connectivity index (χ0) is 12.3. The first kappa shape index (κ1) is 13.5. The molecule has 0 aliphatic heterocycles. The Hall–Kier alpha value is -0.550. The van der Waals surface area contributed by atoms with Gasteiger partial charge in [0.05, 0.1) is 14.7 Å². The lowest BCUT2D eigenvalue weighted by Gasteiger charge is -2.24. The zero-order valence-corrected chi connectivity index (χ0v) is 12.0. The lowest BCUT2D eigenvalue weighted by Crippen LogP contribution is -2.33. The number of nitrogens with zero attached hydrogens (tertiary/aromatic N) is 1. The topological polar surface area (TPSA) is 40.5 Å². The highest BCUT2D eigenvalue weighted by Gasteiger charge is 2.23. The van der Waals surface area contributed by atoms with Crippen LogP contribution in [-0.4, -0.2) is 24.7 Å². The first-order valence-electron chi connectivity index (χ1n) is 5.11. The lowest BCUT2D eigenvalue weighted by molar-refractivity contribution is -0.142. The molecule has 1 unspecified atom stereocenters. The highest BCUT2D eigenvalue weighted by atomic mass is 79.9. The van der Waals surface area contributed by atoms with Crippen molar-refractivity contribution >= 4 is 38.2 Å². The molecular formula is C11H16BrNO2S. The van der Waals surface area contributed by atoms with Gasteiger partial charge < -0.3 is 10.0 Å². The minimum absolute atomic E-state index is 0.142. The van der Waals surface area contributed by atoms with E-state index in [1.165, 1.54) is 0 Å². The Kier molecular flexibility index (Phi) is 4.80. The van der Waals surface area contributed by atoms with E-state index in [-0.39, 0.29) is 11.8 Å². The van der Waals surface area contributed by atoms with E-state index in [1.807, 2.05) is 37.9 Å². The van der Waals surface area contributed by atoms with Crippen molar-refractivity contribution in [1.29, 1.82) is 0 Å². The fraction of sp³-hybridized carbons (Fsp3) is 0.545. The number of halogens is 1. The maximum Gasteiger partial charge on any atom is 0.308 e. The van der Waals surface area contributed by atoms with Gasteiger partial charge in [-0.1, -0.05) is 13.8 Å². The summed E-state index contributed by atoms with van der Waals surface area (Å²) < 4.78 is 1.06. The van der Waals surface area contributed by atoms with E-state index in [1.54, 1.807) is 11.3 Å². The van der Waals surface area contributed by atoms with Crippen LogP contribution >= 0.6 is 27.3 Å². The molecule has 1 N–H and O–H groups in total. The maximum absolute atomic E-state index is 11.1. The molecule has 0 aliphatic carbocycles. The van der Waals surface area contributed by atoms with Crippen molar-refractivity contribution in [3.05, 3.63) is 15.9 Å². The van der Waals surface area contributed by atoms with Crippen molar-refractivity contribution < 1.29 is 9.90 Å². The van der Waals surface area contributed by atoms with E-state index in [2.05, 4.69) is 15.9 Å². The van der Waals surface area contributed by atoms with Gasteiger partial charge in [0.15, 0.2) is 0 Å². The average Bonchev–Trinajstić information content (AvgIpc) is 2.59. The third-order valence-corrected chi connectivity index (χ3v) is 4.27. The molecule has 0 radical (unpaired) electrons. The fourth-order valence-electron chi connectivity index (χ4n) is 1.47. The largest absolute Gasteiger partial charge is 0.481 e. The van der Waals surface area contributed by atoms with Gasteiger partial charge in [-0.25, -0.2) is 0 Å². The highest BCUT2D eigenvalue weighted by Crippen LogP contribution is 2.30. The summed E-state index contributed by atoms with van der Waals surface area (Å²) in [4.78, 5) is 13.1. The number of hydrogen-bond donors (Lipinski definition) is 1. The molecule has 1 aromatic rings. The SMILES string of the molecule is CC(C)C(CN(C)c1ccc(Br)s1)C(=O)O. The second kappa shape index (κ2) is 5.68. The number of carboxylic acids is 1. The summed E-state index contributed by atoms with van der Waals surface area (Å²) >= 11 is 5.01. The molecule has 1 rings (SSSR count). The number of anilines is 1. The predicted molar refractivity (Wildman–Crippen MR) is 71.3 cm³/mol. The van der Waals surface area contributed by atoms with Crippen LogP contribution in [0.1, 0.15) is 13.8 Å². The number of thiophene rings is 1. The van der Waals surface area contributed by atoms with Crippen LogP contribution in [0, 0.1) is 11.8 Å². The number of carbonyl (C=O) groups is 1. The van der Waals surface area contributed by atoms with Gasteiger partial charge in [0, 0.05) is 13.6 Å². The average molecular weight is 306 g/mol. The Morgan fingerprint density at radius 1 is 1.56 bits per heavy atom. The smallest absolute Gasteiger partial charge is 0.308 e. The molecule has 3 nitrogen and oxygen atoms in total. The summed E-state index contributed by atoms with van der Waals surface area (Å²) in [5.74, 6) is -0.910. The molecule has 1 heterocycles. The molecule has 16 heavy (non-hydrogen) atoms. The molecule has 0 aromatic carbocycles. The molecule has 0 bridgehead atoms. The first-order chi connectivity index (χ1) is 7.41. The molecular weight excluding hydrogens is 290 g/mol. The van der Waals surface area contributed by atoms with Crippen molar-refractivity contribution in [1.82, 2.24) is 0 Å². The van der Waals surface area contributed by atoms with Crippen molar-refractivity contribution in [2.24, 2.45) is 11.8 Å². The molecule has 0 amide bonds. The van der Waals surface area contributed by atoms with Crippen LogP contribution in [0.15, 0.2) is 15.9 Å². The summed E-state index contributed by atoms with van der Waals surface area (Å²) in [7, 11) is 1.93. The summed E-state index contributed by atoms with van der Waals surface area (Å²) in [5, 5.41) is 10.2. The summed E-state index contributed by atoms with van der Waals surface area (Å²) in [6.45, 7) is 4.42. The second-order valence-corrected chi connectivity index (χ2v) is 6.59. The lowest BCUT2D eigenvalue weighted by atomic mass is 9.96. The quantitative estimate of drug-likeness (QED) is 0.907. The van der Waals surface area contributed by atoms with E-state index in [4.69, 9.17) is 5.11 Å². The Bertz CT molecular complexity index is 365. The number of aliphatic carboxylic acids is 1. The van der Waals surface area contributed by atoms with E-state index in [0.717, 1.165) is 8.79 Å². The Morgan fingerprint density at radius 2 is 2.19 bits per heavy atom. The van der Waals surface area contributed by atoms with Crippen LogP contribution in [-0.2, 0) is 4.79 Å². The van der Waals surface area contributed by atoms with Crippen LogP contribution in [0.3, 0.4) is 0 Å². The second-order valence-electron chi connectivity index (χ2n) is 4.15. The summed E-state index contributed by atoms with van der Waals surface area (Å²) in [5.41, 5.74) is 0. The van der Waals surface area contributed by atoms with Crippen LogP contribution in [0.5, 0.6) is 0 Å². The van der Waals surface area contributed by atoms with Gasteiger partial charge in [0.25, 0.3) is 0 Å². The van der Waals surface area contributed by atoms with Gasteiger partial charge in [-0.2, -0.15) is 0 Å². The van der Waals surface area contributed by atoms with E-state index in [0.29, 0.717) is 6.54 Å². The Balaban J connectivity index is 2.68. The van der Waals surface area contributed by atoms with Gasteiger partial charge in [-0.3, -0.25) is 4.79 Å². The minimum atomic E-state index is -0.725. The molecule has 0 fully saturated rings. The zero-order valence-electron chi connectivity index (χ0n) is 9.61. The molecule has 1 aromatic heterocycles. The molecule has 5 heteroatoms. The standard InChI is InChI=1S/C11H16BrNO2S/c1-7(2)8(11(14)15)6-13(3)10-5-4-9(12)16-10/h4-5,7-8H,6H2,1-3H3,(H,14,15). The minimum Gasteiger partial charge on any atom is -0.481 e. The fourth-order valence-corrected chi connectivity index (χ4v) is 2.80. The number of hydrogen-bond acceptors (Lipinski definition) is 3. The molecule has 0 saturated heterocycles. The Labute approximate surface area is 108 Å². The predicted octanol–water partition coefficient (Wildman–Crippen LogP) is 3.30. The summed E-state index contributed by atoms with van der Waals surface area (Å²) in [6, 6.07) is 3.97. The maximum atomic E-state index is 11.1. The van der Waals surface area contributed by atoms with Crippen LogP contribution in [0.4, 0.5) is 5.00 Å². The number of rotatable bonds is 5. The van der Waals surface area contributed by atoms with E-state index in [9.17, 15) is 4.79 Å². The third-order valence-electron chi connectivity index (χ3n) is 2.53. The highest BCUT2D eigenvalue weighted by molar-refractivity contribution is 9.11. The van der Waals surface area contributed by atoms with Crippen molar-refractivity contribution in [2.75, 3.05) is 18.5 Å². The van der Waals surface area contributed by atoms with Gasteiger partial charge in [0.2, 0.25) is 0 Å². The molecule has 1 atom stereocenters. The molecule has 90 valence electrons. The van der Waals surface area contributed by atoms with Crippen molar-refractivity contribution in [2.45, 2.75) is 13.8 Å². The van der Waals surface area contributed by atoms with Crippen LogP contribution in [0.2, 0.25) is 0 Å². The van der Waals surface area contributed by atoms with Gasteiger partial charge >= 0.3 is 5.97 Å². The first-order valence-corrected chi connectivity index (χ1v) is 6.72. The normalized spacial score (nSPS) is 12.8. The van der Waals surface area contributed by atoms with Crippen LogP contribution < -0.4 is 4.90 Å². The molecule has 0 aliphatic rings. The third kappa shape index (κ3) is 3.49. The van der Waals surface area contributed by atoms with Crippen molar-refractivity contribution in [3.8, 4) is 0 Å². The molecule has 0 spiro atoms. The van der Waals surface area contributed by atoms with E-state index < -0.39 is 5.97 Å². The van der Waals surface area contributed by atoms with E-state index >= 15 is 0 Å². The van der Waals surface area contributed by atoms with Crippen LogP contribution in [0.25, 0.3) is 0 Å².